The Morgan fingerprint density at radius 1 is 1.21 bits per heavy atom. The van der Waals surface area contributed by atoms with E-state index in [2.05, 4.69) is 31.5 Å². The minimum atomic E-state index is -0.329. The molecule has 2 amide bonds. The van der Waals surface area contributed by atoms with Crippen LogP contribution in [-0.4, -0.2) is 27.9 Å². The van der Waals surface area contributed by atoms with Crippen molar-refractivity contribution in [2.45, 2.75) is 26.8 Å². The first kappa shape index (κ1) is 20.2. The summed E-state index contributed by atoms with van der Waals surface area (Å²) in [6.45, 7) is 3.92. The standard InChI is InChI=1S/C19H19BrN4O3S/c1-11-12(2)28-18-17(11)19(27)24(10-22-18)8-7-15(25)21-9-16(26)23-14-6-4-3-5-13(14)20/h3-6,10H,7-9H2,1-2H3,(H,21,25)(H,23,26). The van der Waals surface area contributed by atoms with Gasteiger partial charge in [0.25, 0.3) is 5.56 Å². The maximum absolute atomic E-state index is 12.6. The second-order valence-corrected chi connectivity index (χ2v) is 8.32. The van der Waals surface area contributed by atoms with Crippen molar-refractivity contribution in [1.29, 1.82) is 0 Å². The van der Waals surface area contributed by atoms with Gasteiger partial charge in [-0.25, -0.2) is 4.98 Å². The fourth-order valence-corrected chi connectivity index (χ4v) is 4.05. The Kier molecular flexibility index (Phi) is 6.25. The number of hydrogen-bond acceptors (Lipinski definition) is 5. The Balaban J connectivity index is 1.55. The van der Waals surface area contributed by atoms with Crippen LogP contribution >= 0.6 is 27.3 Å². The van der Waals surface area contributed by atoms with Crippen LogP contribution < -0.4 is 16.2 Å². The van der Waals surface area contributed by atoms with Crippen LogP contribution in [0.15, 0.2) is 39.9 Å². The number of carbonyl (C=O) groups is 2. The average Bonchev–Trinajstić information content (AvgIpc) is 2.96. The number of para-hydroxylation sites is 1. The fourth-order valence-electron chi connectivity index (χ4n) is 2.68. The Hall–Kier alpha value is -2.52. The van der Waals surface area contributed by atoms with Crippen molar-refractivity contribution in [3.8, 4) is 0 Å². The molecule has 2 heterocycles. The first-order chi connectivity index (χ1) is 13.4. The lowest BCUT2D eigenvalue weighted by Gasteiger charge is -2.09. The third kappa shape index (κ3) is 4.48. The van der Waals surface area contributed by atoms with Gasteiger partial charge >= 0.3 is 0 Å². The molecule has 146 valence electrons. The summed E-state index contributed by atoms with van der Waals surface area (Å²) < 4.78 is 2.19. The van der Waals surface area contributed by atoms with Gasteiger partial charge in [-0.05, 0) is 47.5 Å². The maximum atomic E-state index is 12.6. The van der Waals surface area contributed by atoms with Crippen LogP contribution in [0.3, 0.4) is 0 Å². The zero-order chi connectivity index (χ0) is 20.3. The predicted molar refractivity (Wildman–Crippen MR) is 114 cm³/mol. The van der Waals surface area contributed by atoms with Crippen LogP contribution in [-0.2, 0) is 16.1 Å². The first-order valence-corrected chi connectivity index (χ1v) is 10.2. The number of rotatable bonds is 6. The molecule has 0 bridgehead atoms. The summed E-state index contributed by atoms with van der Waals surface area (Å²) in [6.07, 6.45) is 1.55. The number of halogens is 1. The minimum absolute atomic E-state index is 0.0809. The Morgan fingerprint density at radius 3 is 2.71 bits per heavy atom. The smallest absolute Gasteiger partial charge is 0.262 e. The van der Waals surface area contributed by atoms with E-state index in [9.17, 15) is 14.4 Å². The molecule has 3 rings (SSSR count). The van der Waals surface area contributed by atoms with Crippen molar-refractivity contribution in [3.05, 3.63) is 55.9 Å². The molecule has 2 aromatic heterocycles. The summed E-state index contributed by atoms with van der Waals surface area (Å²) in [4.78, 5) is 42.7. The zero-order valence-corrected chi connectivity index (χ0v) is 17.8. The highest BCUT2D eigenvalue weighted by Gasteiger charge is 2.13. The summed E-state index contributed by atoms with van der Waals surface area (Å²) >= 11 is 4.83. The number of hydrogen-bond donors (Lipinski definition) is 2. The third-order valence-corrected chi connectivity index (χ3v) is 6.14. The van der Waals surface area contributed by atoms with E-state index in [0.29, 0.717) is 15.9 Å². The van der Waals surface area contributed by atoms with Crippen molar-refractivity contribution in [1.82, 2.24) is 14.9 Å². The molecule has 1 aromatic carbocycles. The van der Waals surface area contributed by atoms with E-state index in [0.717, 1.165) is 14.9 Å². The lowest BCUT2D eigenvalue weighted by atomic mass is 10.2. The van der Waals surface area contributed by atoms with Gasteiger partial charge in [0.05, 0.1) is 23.9 Å². The number of carbonyl (C=O) groups excluding carboxylic acids is 2. The first-order valence-electron chi connectivity index (χ1n) is 8.63. The van der Waals surface area contributed by atoms with E-state index in [1.165, 1.54) is 22.2 Å². The normalized spacial score (nSPS) is 10.8. The van der Waals surface area contributed by atoms with Crippen molar-refractivity contribution < 1.29 is 9.59 Å². The van der Waals surface area contributed by atoms with Gasteiger partial charge in [-0.3, -0.25) is 19.0 Å². The summed E-state index contributed by atoms with van der Waals surface area (Å²) in [6, 6.07) is 7.22. The molecule has 0 spiro atoms. The number of fused-ring (bicyclic) bond motifs is 1. The number of anilines is 1. The van der Waals surface area contributed by atoms with Gasteiger partial charge in [-0.15, -0.1) is 11.3 Å². The monoisotopic (exact) mass is 462 g/mol. The number of nitrogens with zero attached hydrogens (tertiary/aromatic N) is 2. The Labute approximate surface area is 173 Å². The van der Waals surface area contributed by atoms with Crippen molar-refractivity contribution in [2.75, 3.05) is 11.9 Å². The molecule has 0 unspecified atom stereocenters. The highest BCUT2D eigenvalue weighted by Crippen LogP contribution is 2.25. The fraction of sp³-hybridized carbons (Fsp3) is 0.263. The molecule has 0 aliphatic carbocycles. The molecule has 3 aromatic rings. The van der Waals surface area contributed by atoms with Crippen LogP contribution in [0.25, 0.3) is 10.2 Å². The van der Waals surface area contributed by atoms with Gasteiger partial charge in [-0.2, -0.15) is 0 Å². The molecule has 9 heteroatoms. The van der Waals surface area contributed by atoms with Gasteiger partial charge in [0, 0.05) is 22.3 Å². The van der Waals surface area contributed by atoms with Crippen molar-refractivity contribution in [3.63, 3.8) is 0 Å². The van der Waals surface area contributed by atoms with E-state index < -0.39 is 0 Å². The molecule has 0 saturated heterocycles. The molecule has 0 aliphatic heterocycles. The molecule has 28 heavy (non-hydrogen) atoms. The third-order valence-electron chi connectivity index (χ3n) is 4.33. The highest BCUT2D eigenvalue weighted by atomic mass is 79.9. The average molecular weight is 463 g/mol. The van der Waals surface area contributed by atoms with Crippen LogP contribution in [0.1, 0.15) is 16.9 Å². The molecule has 0 atom stereocenters. The quantitative estimate of drug-likeness (QED) is 0.588. The molecular weight excluding hydrogens is 444 g/mol. The van der Waals surface area contributed by atoms with E-state index in [1.807, 2.05) is 26.0 Å². The molecule has 0 radical (unpaired) electrons. The summed E-state index contributed by atoms with van der Waals surface area (Å²) in [7, 11) is 0. The van der Waals surface area contributed by atoms with Crippen LogP contribution in [0.4, 0.5) is 5.69 Å². The summed E-state index contributed by atoms with van der Waals surface area (Å²) in [5.41, 5.74) is 1.42. The van der Waals surface area contributed by atoms with Gasteiger partial charge in [0.1, 0.15) is 4.83 Å². The number of thiophene rings is 1. The zero-order valence-electron chi connectivity index (χ0n) is 15.4. The van der Waals surface area contributed by atoms with Crippen LogP contribution in [0.5, 0.6) is 0 Å². The summed E-state index contributed by atoms with van der Waals surface area (Å²) in [5, 5.41) is 5.89. The number of aryl methyl sites for hydroxylation is 3. The highest BCUT2D eigenvalue weighted by molar-refractivity contribution is 9.10. The lowest BCUT2D eigenvalue weighted by molar-refractivity contribution is -0.124. The lowest BCUT2D eigenvalue weighted by Crippen LogP contribution is -2.34. The largest absolute Gasteiger partial charge is 0.347 e. The van der Waals surface area contributed by atoms with E-state index >= 15 is 0 Å². The molecule has 0 aliphatic rings. The second kappa shape index (κ2) is 8.66. The molecule has 2 N–H and O–H groups in total. The minimum Gasteiger partial charge on any atom is -0.347 e. The number of nitrogens with one attached hydrogen (secondary N) is 2. The Bertz CT molecular complexity index is 1110. The number of aromatic nitrogens is 2. The number of benzene rings is 1. The second-order valence-electron chi connectivity index (χ2n) is 6.26. The van der Waals surface area contributed by atoms with Gasteiger partial charge in [0.15, 0.2) is 0 Å². The van der Waals surface area contributed by atoms with E-state index in [1.54, 1.807) is 12.1 Å². The number of amides is 2. The van der Waals surface area contributed by atoms with E-state index in [-0.39, 0.29) is 36.9 Å². The summed E-state index contributed by atoms with van der Waals surface area (Å²) in [5.74, 6) is -0.641. The Morgan fingerprint density at radius 2 is 1.96 bits per heavy atom. The van der Waals surface area contributed by atoms with Crippen LogP contribution in [0.2, 0.25) is 0 Å². The van der Waals surface area contributed by atoms with Gasteiger partial charge in [0.2, 0.25) is 11.8 Å². The van der Waals surface area contributed by atoms with Gasteiger partial charge < -0.3 is 10.6 Å². The predicted octanol–water partition coefficient (Wildman–Crippen LogP) is 2.98. The molecule has 0 saturated carbocycles. The maximum Gasteiger partial charge on any atom is 0.262 e. The molecule has 7 nitrogen and oxygen atoms in total. The van der Waals surface area contributed by atoms with Gasteiger partial charge in [-0.1, -0.05) is 12.1 Å². The SMILES string of the molecule is Cc1sc2ncn(CCC(=O)NCC(=O)Nc3ccccc3Br)c(=O)c2c1C. The van der Waals surface area contributed by atoms with Crippen molar-refractivity contribution in [2.24, 2.45) is 0 Å². The van der Waals surface area contributed by atoms with E-state index in [4.69, 9.17) is 0 Å². The molecule has 0 fully saturated rings. The topological polar surface area (TPSA) is 93.1 Å². The molecular formula is C19H19BrN4O3S. The van der Waals surface area contributed by atoms with Crippen LogP contribution in [0, 0.1) is 13.8 Å². The van der Waals surface area contributed by atoms with Crippen molar-refractivity contribution >= 4 is 55.0 Å².